The molecule has 1 fully saturated rings. The Morgan fingerprint density at radius 3 is 2.88 bits per heavy atom. The number of likely N-dealkylation sites (N-methyl/N-ethyl adjacent to an activating group) is 1. The highest BCUT2D eigenvalue weighted by Crippen LogP contribution is 2.37. The molecule has 3 aliphatic rings. The van der Waals surface area contributed by atoms with Crippen molar-refractivity contribution < 1.29 is 14.3 Å². The zero-order chi connectivity index (χ0) is 23.7. The Kier molecular flexibility index (Phi) is 7.21. The molecule has 8 nitrogen and oxygen atoms in total. The van der Waals surface area contributed by atoms with Gasteiger partial charge in [-0.3, -0.25) is 20.0 Å². The molecule has 0 spiro atoms. The molecule has 2 N–H and O–H groups in total. The number of fused-ring (bicyclic) bond motifs is 2. The number of carbonyl (C=O) groups is 1. The maximum absolute atomic E-state index is 13.9. The van der Waals surface area contributed by atoms with E-state index in [9.17, 15) is 14.3 Å². The first-order chi connectivity index (χ1) is 15.8. The SMILES string of the molecule is CCC1CCC(C)C(NC2C(Cl)C=NC(Cc3nnc4cc3C=C(F)C=N4)N2C)C1C(=O)O. The zero-order valence-corrected chi connectivity index (χ0v) is 19.8. The van der Waals surface area contributed by atoms with Crippen molar-refractivity contribution in [3.05, 3.63) is 23.2 Å². The number of hydrogen-bond acceptors (Lipinski definition) is 7. The van der Waals surface area contributed by atoms with E-state index in [-0.39, 0.29) is 30.2 Å². The van der Waals surface area contributed by atoms with Gasteiger partial charge >= 0.3 is 5.97 Å². The fourth-order valence-electron chi connectivity index (χ4n) is 5.20. The Balaban J connectivity index is 1.54. The lowest BCUT2D eigenvalue weighted by Gasteiger charge is -2.46. The maximum atomic E-state index is 13.9. The number of carboxylic acid groups (broad SMARTS) is 1. The van der Waals surface area contributed by atoms with E-state index in [4.69, 9.17) is 11.6 Å². The van der Waals surface area contributed by atoms with E-state index in [0.717, 1.165) is 25.5 Å². The van der Waals surface area contributed by atoms with Gasteiger partial charge in [-0.2, -0.15) is 5.10 Å². The van der Waals surface area contributed by atoms with Crippen LogP contribution in [0.15, 0.2) is 21.9 Å². The number of nitrogens with zero attached hydrogens (tertiary/aromatic N) is 5. The smallest absolute Gasteiger partial charge is 0.308 e. The van der Waals surface area contributed by atoms with Crippen LogP contribution in [0.4, 0.5) is 10.2 Å². The molecule has 178 valence electrons. The number of halogens is 2. The summed E-state index contributed by atoms with van der Waals surface area (Å²) in [6, 6.07) is 1.50. The van der Waals surface area contributed by atoms with Crippen molar-refractivity contribution in [1.29, 1.82) is 0 Å². The summed E-state index contributed by atoms with van der Waals surface area (Å²) in [5.74, 6) is -0.981. The molecular formula is C23H30ClFN6O2. The Bertz CT molecular complexity index is 986. The minimum Gasteiger partial charge on any atom is -0.481 e. The summed E-state index contributed by atoms with van der Waals surface area (Å²) in [5, 5.41) is 21.4. The van der Waals surface area contributed by atoms with Crippen molar-refractivity contribution in [2.45, 2.75) is 63.3 Å². The van der Waals surface area contributed by atoms with Gasteiger partial charge in [-0.1, -0.05) is 20.3 Å². The summed E-state index contributed by atoms with van der Waals surface area (Å²) in [7, 11) is 1.91. The summed E-state index contributed by atoms with van der Waals surface area (Å²) in [4.78, 5) is 22.7. The Labute approximate surface area is 198 Å². The van der Waals surface area contributed by atoms with Crippen molar-refractivity contribution in [3.63, 3.8) is 0 Å². The number of aliphatic imine (C=N–C) groups is 2. The first-order valence-electron chi connectivity index (χ1n) is 11.4. The van der Waals surface area contributed by atoms with Crippen molar-refractivity contribution in [2.75, 3.05) is 7.05 Å². The Hall–Kier alpha value is -2.23. The highest BCUT2D eigenvalue weighted by atomic mass is 35.5. The third-order valence-corrected chi connectivity index (χ3v) is 7.52. The zero-order valence-electron chi connectivity index (χ0n) is 19.0. The molecule has 3 heterocycles. The van der Waals surface area contributed by atoms with Gasteiger partial charge in [-0.25, -0.2) is 9.38 Å². The van der Waals surface area contributed by atoms with Crippen molar-refractivity contribution in [3.8, 4) is 0 Å². The van der Waals surface area contributed by atoms with Crippen LogP contribution in [-0.2, 0) is 11.2 Å². The number of alkyl halides is 1. The van der Waals surface area contributed by atoms with E-state index in [1.165, 1.54) is 6.08 Å². The van der Waals surface area contributed by atoms with E-state index >= 15 is 0 Å². The van der Waals surface area contributed by atoms with E-state index in [1.54, 1.807) is 12.3 Å². The van der Waals surface area contributed by atoms with E-state index in [2.05, 4.69) is 39.3 Å². The van der Waals surface area contributed by atoms with Crippen LogP contribution in [0.3, 0.4) is 0 Å². The lowest BCUT2D eigenvalue weighted by molar-refractivity contribution is -0.147. The third kappa shape index (κ3) is 5.00. The van der Waals surface area contributed by atoms with Crippen LogP contribution in [0, 0.1) is 17.8 Å². The molecule has 33 heavy (non-hydrogen) atoms. The number of allylic oxidation sites excluding steroid dienone is 1. The van der Waals surface area contributed by atoms with Crippen LogP contribution < -0.4 is 5.32 Å². The van der Waals surface area contributed by atoms with Gasteiger partial charge in [0.1, 0.15) is 12.0 Å². The molecule has 0 aromatic carbocycles. The monoisotopic (exact) mass is 476 g/mol. The largest absolute Gasteiger partial charge is 0.481 e. The van der Waals surface area contributed by atoms with Crippen LogP contribution in [0.5, 0.6) is 0 Å². The fourth-order valence-corrected chi connectivity index (χ4v) is 5.52. The molecule has 2 aliphatic heterocycles. The van der Waals surface area contributed by atoms with Crippen molar-refractivity contribution >= 4 is 41.9 Å². The van der Waals surface area contributed by atoms with Crippen molar-refractivity contribution in [2.24, 2.45) is 27.7 Å². The lowest BCUT2D eigenvalue weighted by atomic mass is 9.70. The summed E-state index contributed by atoms with van der Waals surface area (Å²) in [6.07, 6.45) is 6.74. The van der Waals surface area contributed by atoms with Gasteiger partial charge < -0.3 is 5.11 Å². The molecule has 7 atom stereocenters. The van der Waals surface area contributed by atoms with Crippen molar-refractivity contribution in [1.82, 2.24) is 20.4 Å². The van der Waals surface area contributed by atoms with Gasteiger partial charge in [0.2, 0.25) is 0 Å². The maximum Gasteiger partial charge on any atom is 0.308 e. The average Bonchev–Trinajstić information content (AvgIpc) is 2.93. The summed E-state index contributed by atoms with van der Waals surface area (Å²) in [6.45, 7) is 4.15. The third-order valence-electron chi connectivity index (χ3n) is 7.16. The Morgan fingerprint density at radius 1 is 1.36 bits per heavy atom. The molecule has 1 aromatic rings. The number of aliphatic carboxylic acids is 1. The average molecular weight is 477 g/mol. The normalized spacial score (nSPS) is 34.1. The highest BCUT2D eigenvalue weighted by Gasteiger charge is 2.44. The minimum absolute atomic E-state index is 0.137. The fraction of sp³-hybridized carbons (Fsp3) is 0.609. The molecule has 1 aromatic heterocycles. The molecular weight excluding hydrogens is 447 g/mol. The second-order valence-electron chi connectivity index (χ2n) is 9.21. The molecule has 0 amide bonds. The van der Waals surface area contributed by atoms with E-state index in [0.29, 0.717) is 23.5 Å². The minimum atomic E-state index is -0.762. The summed E-state index contributed by atoms with van der Waals surface area (Å²) >= 11 is 6.63. The molecule has 0 saturated heterocycles. The molecule has 1 saturated carbocycles. The van der Waals surface area contributed by atoms with Gasteiger partial charge in [0, 0.05) is 24.2 Å². The standard InChI is InChI=1S/C23H30ClFN6O2/c1-4-13-6-5-12(2)21(20(13)23(32)33)28-22-16(24)11-27-19(31(22)3)9-17-14-7-15(25)10-26-18(8-14)30-29-17/h7-8,10-13,16,19-22,28H,4-6,9H2,1-3H3,(H,32,33). The quantitative estimate of drug-likeness (QED) is 0.610. The van der Waals surface area contributed by atoms with Gasteiger partial charge in [0.15, 0.2) is 5.82 Å². The lowest BCUT2D eigenvalue weighted by Crippen LogP contribution is -2.63. The number of carboxylic acids is 1. The van der Waals surface area contributed by atoms with Gasteiger partial charge in [-0.15, -0.1) is 16.7 Å². The second-order valence-corrected chi connectivity index (χ2v) is 9.71. The predicted octanol–water partition coefficient (Wildman–Crippen LogP) is 3.44. The number of aromatic nitrogens is 2. The number of rotatable bonds is 6. The Morgan fingerprint density at radius 2 is 2.15 bits per heavy atom. The van der Waals surface area contributed by atoms with Crippen LogP contribution >= 0.6 is 11.6 Å². The molecule has 1 aliphatic carbocycles. The first-order valence-corrected chi connectivity index (χ1v) is 11.9. The molecule has 10 heteroatoms. The van der Waals surface area contributed by atoms with Gasteiger partial charge in [0.05, 0.1) is 29.4 Å². The van der Waals surface area contributed by atoms with E-state index < -0.39 is 23.1 Å². The first kappa shape index (κ1) is 23.9. The predicted molar refractivity (Wildman–Crippen MR) is 127 cm³/mol. The van der Waals surface area contributed by atoms with E-state index in [1.807, 2.05) is 11.9 Å². The molecule has 7 unspecified atom stereocenters. The van der Waals surface area contributed by atoms with Crippen LogP contribution in [-0.4, -0.2) is 69.4 Å². The van der Waals surface area contributed by atoms with Crippen LogP contribution in [0.1, 0.15) is 44.4 Å². The van der Waals surface area contributed by atoms with Gasteiger partial charge in [-0.05, 0) is 43.9 Å². The summed E-state index contributed by atoms with van der Waals surface area (Å²) in [5.41, 5.74) is 1.23. The second kappa shape index (κ2) is 9.95. The highest BCUT2D eigenvalue weighted by molar-refractivity contribution is 6.28. The molecule has 2 bridgehead atoms. The van der Waals surface area contributed by atoms with Crippen LogP contribution in [0.2, 0.25) is 0 Å². The summed E-state index contributed by atoms with van der Waals surface area (Å²) < 4.78 is 13.9. The number of nitrogens with one attached hydrogen (secondary N) is 1. The topological polar surface area (TPSA) is 103 Å². The molecule has 4 rings (SSSR count). The molecule has 0 radical (unpaired) electrons. The number of hydrogen-bond donors (Lipinski definition) is 2. The van der Waals surface area contributed by atoms with Crippen LogP contribution in [0.25, 0.3) is 6.08 Å². The van der Waals surface area contributed by atoms with Gasteiger partial charge in [0.25, 0.3) is 0 Å².